The zero-order valence-electron chi connectivity index (χ0n) is 14.6. The van der Waals surface area contributed by atoms with Gasteiger partial charge in [0.25, 0.3) is 0 Å². The van der Waals surface area contributed by atoms with Crippen molar-refractivity contribution in [1.29, 1.82) is 5.26 Å². The first kappa shape index (κ1) is 18.8. The molecule has 6 heteroatoms. The molecule has 134 valence electrons. The van der Waals surface area contributed by atoms with Gasteiger partial charge in [-0.15, -0.1) is 0 Å². The summed E-state index contributed by atoms with van der Waals surface area (Å²) in [6.07, 6.45) is 2.33. The zero-order valence-corrected chi connectivity index (χ0v) is 14.6. The number of nitrogens with one attached hydrogen (secondary N) is 1. The van der Waals surface area contributed by atoms with E-state index in [1.54, 1.807) is 4.90 Å². The number of hydrogen-bond donors (Lipinski definition) is 2. The van der Waals surface area contributed by atoms with Crippen LogP contribution in [0.1, 0.15) is 38.2 Å². The van der Waals surface area contributed by atoms with Crippen LogP contribution in [0.25, 0.3) is 0 Å². The summed E-state index contributed by atoms with van der Waals surface area (Å²) in [5.41, 5.74) is 0.706. The molecule has 0 spiro atoms. The Balaban J connectivity index is 1.94. The number of amides is 2. The number of piperidine rings is 1. The monoisotopic (exact) mass is 343 g/mol. The number of carbonyl (C=O) groups is 2. The van der Waals surface area contributed by atoms with Gasteiger partial charge in [0.05, 0.1) is 11.5 Å². The van der Waals surface area contributed by atoms with E-state index in [9.17, 15) is 14.9 Å². The van der Waals surface area contributed by atoms with Crippen LogP contribution in [0.4, 0.5) is 4.79 Å². The quantitative estimate of drug-likeness (QED) is 0.830. The van der Waals surface area contributed by atoms with Crippen LogP contribution in [-0.2, 0) is 11.2 Å². The van der Waals surface area contributed by atoms with Crippen molar-refractivity contribution in [3.8, 4) is 6.07 Å². The Labute approximate surface area is 148 Å². The van der Waals surface area contributed by atoms with Gasteiger partial charge in [-0.25, -0.2) is 4.79 Å². The third-order valence-corrected chi connectivity index (χ3v) is 4.78. The van der Waals surface area contributed by atoms with E-state index in [0.717, 1.165) is 5.56 Å². The van der Waals surface area contributed by atoms with Gasteiger partial charge < -0.3 is 15.3 Å². The van der Waals surface area contributed by atoms with Crippen LogP contribution in [-0.4, -0.2) is 41.1 Å². The minimum absolute atomic E-state index is 0.0181. The van der Waals surface area contributed by atoms with Crippen molar-refractivity contribution in [1.82, 2.24) is 10.2 Å². The second-order valence-corrected chi connectivity index (χ2v) is 6.93. The average molecular weight is 343 g/mol. The maximum Gasteiger partial charge on any atom is 0.317 e. The minimum Gasteiger partial charge on any atom is -0.481 e. The summed E-state index contributed by atoms with van der Waals surface area (Å²) < 4.78 is 0. The second-order valence-electron chi connectivity index (χ2n) is 6.93. The van der Waals surface area contributed by atoms with Crippen LogP contribution >= 0.6 is 0 Å². The first-order valence-electron chi connectivity index (χ1n) is 8.64. The van der Waals surface area contributed by atoms with Crippen molar-refractivity contribution < 1.29 is 14.7 Å². The standard InChI is InChI=1S/C19H25N3O3/c1-19(14-20)9-11-22(12-10-19)18(25)21-16(7-8-17(23)24)13-15-5-3-2-4-6-15/h2-6,16H,7-13H2,1H3,(H,21,25)(H,23,24). The van der Waals surface area contributed by atoms with Gasteiger partial charge in [-0.1, -0.05) is 30.3 Å². The maximum absolute atomic E-state index is 12.5. The number of likely N-dealkylation sites (tertiary alicyclic amines) is 1. The fraction of sp³-hybridized carbons (Fsp3) is 0.526. The molecule has 1 aliphatic rings. The summed E-state index contributed by atoms with van der Waals surface area (Å²) in [6, 6.07) is 11.6. The summed E-state index contributed by atoms with van der Waals surface area (Å²) in [5.74, 6) is -0.866. The number of carboxylic acids is 1. The summed E-state index contributed by atoms with van der Waals surface area (Å²) in [7, 11) is 0. The van der Waals surface area contributed by atoms with Crippen LogP contribution in [0.3, 0.4) is 0 Å². The SMILES string of the molecule is CC1(C#N)CCN(C(=O)NC(CCC(=O)O)Cc2ccccc2)CC1. The number of carboxylic acid groups (broad SMARTS) is 1. The van der Waals surface area contributed by atoms with Gasteiger partial charge in [-0.2, -0.15) is 5.26 Å². The molecule has 1 aromatic rings. The van der Waals surface area contributed by atoms with Crippen molar-refractivity contribution in [2.75, 3.05) is 13.1 Å². The van der Waals surface area contributed by atoms with Crippen LogP contribution in [0.5, 0.6) is 0 Å². The Hall–Kier alpha value is -2.55. The molecule has 2 N–H and O–H groups in total. The number of hydrogen-bond acceptors (Lipinski definition) is 3. The number of urea groups is 1. The van der Waals surface area contributed by atoms with Crippen LogP contribution in [0, 0.1) is 16.7 Å². The molecule has 0 aliphatic carbocycles. The number of carbonyl (C=O) groups excluding carboxylic acids is 1. The topological polar surface area (TPSA) is 93.4 Å². The van der Waals surface area contributed by atoms with Gasteiger partial charge >= 0.3 is 12.0 Å². The molecule has 1 atom stereocenters. The average Bonchev–Trinajstić information content (AvgIpc) is 2.61. The van der Waals surface area contributed by atoms with Crippen molar-refractivity contribution in [2.24, 2.45) is 5.41 Å². The molecule has 1 aromatic carbocycles. The van der Waals surface area contributed by atoms with E-state index in [2.05, 4.69) is 11.4 Å². The predicted molar refractivity (Wildman–Crippen MR) is 93.9 cm³/mol. The molecule has 1 heterocycles. The fourth-order valence-corrected chi connectivity index (χ4v) is 3.00. The van der Waals surface area contributed by atoms with Gasteiger partial charge in [-0.05, 0) is 38.2 Å². The molecule has 2 amide bonds. The van der Waals surface area contributed by atoms with Gasteiger partial charge in [0.1, 0.15) is 0 Å². The molecule has 1 unspecified atom stereocenters. The predicted octanol–water partition coefficient (Wildman–Crippen LogP) is 2.80. The molecule has 0 bridgehead atoms. The van der Waals surface area contributed by atoms with Gasteiger partial charge in [0, 0.05) is 25.6 Å². The lowest BCUT2D eigenvalue weighted by Gasteiger charge is -2.35. The molecule has 25 heavy (non-hydrogen) atoms. The van der Waals surface area contributed by atoms with Crippen molar-refractivity contribution in [2.45, 2.75) is 45.1 Å². The molecule has 6 nitrogen and oxygen atoms in total. The largest absolute Gasteiger partial charge is 0.481 e. The lowest BCUT2D eigenvalue weighted by atomic mass is 9.82. The van der Waals surface area contributed by atoms with E-state index in [0.29, 0.717) is 38.8 Å². The normalized spacial score (nSPS) is 17.4. The Morgan fingerprint density at radius 1 is 1.32 bits per heavy atom. The minimum atomic E-state index is -0.866. The van der Waals surface area contributed by atoms with Crippen molar-refractivity contribution >= 4 is 12.0 Å². The second kappa shape index (κ2) is 8.52. The number of aliphatic carboxylic acids is 1. The number of nitrogens with zero attached hydrogens (tertiary/aromatic N) is 2. The first-order valence-corrected chi connectivity index (χ1v) is 8.64. The summed E-state index contributed by atoms with van der Waals surface area (Å²) >= 11 is 0. The van der Waals surface area contributed by atoms with Crippen LogP contribution in [0.2, 0.25) is 0 Å². The fourth-order valence-electron chi connectivity index (χ4n) is 3.00. The van der Waals surface area contributed by atoms with Crippen molar-refractivity contribution in [3.63, 3.8) is 0 Å². The highest BCUT2D eigenvalue weighted by molar-refractivity contribution is 5.75. The molecule has 0 radical (unpaired) electrons. The summed E-state index contributed by atoms with van der Waals surface area (Å²) in [4.78, 5) is 25.1. The van der Waals surface area contributed by atoms with Gasteiger partial charge in [0.15, 0.2) is 0 Å². The highest BCUT2D eigenvalue weighted by atomic mass is 16.4. The van der Waals surface area contributed by atoms with E-state index < -0.39 is 5.97 Å². The molecule has 1 saturated heterocycles. The van der Waals surface area contributed by atoms with Gasteiger partial charge in [0.2, 0.25) is 0 Å². The van der Waals surface area contributed by atoms with E-state index in [-0.39, 0.29) is 23.9 Å². The molecule has 2 rings (SSSR count). The van der Waals surface area contributed by atoms with E-state index >= 15 is 0 Å². The van der Waals surface area contributed by atoms with E-state index in [4.69, 9.17) is 5.11 Å². The molecular weight excluding hydrogens is 318 g/mol. The number of rotatable bonds is 6. The summed E-state index contributed by atoms with van der Waals surface area (Å²) in [5, 5.41) is 21.1. The Morgan fingerprint density at radius 3 is 2.52 bits per heavy atom. The Kier molecular flexibility index (Phi) is 6.40. The smallest absolute Gasteiger partial charge is 0.317 e. The third kappa shape index (κ3) is 5.79. The number of nitriles is 1. The maximum atomic E-state index is 12.5. The van der Waals surface area contributed by atoms with E-state index in [1.165, 1.54) is 0 Å². The van der Waals surface area contributed by atoms with E-state index in [1.807, 2.05) is 37.3 Å². The molecular formula is C19H25N3O3. The summed E-state index contributed by atoms with van der Waals surface area (Å²) in [6.45, 7) is 3.02. The highest BCUT2D eigenvalue weighted by Crippen LogP contribution is 2.29. The first-order chi connectivity index (χ1) is 11.9. The van der Waals surface area contributed by atoms with Gasteiger partial charge in [-0.3, -0.25) is 4.79 Å². The highest BCUT2D eigenvalue weighted by Gasteiger charge is 2.32. The Bertz CT molecular complexity index is 631. The molecule has 1 fully saturated rings. The number of benzene rings is 1. The van der Waals surface area contributed by atoms with Crippen LogP contribution < -0.4 is 5.32 Å². The van der Waals surface area contributed by atoms with Crippen LogP contribution in [0.15, 0.2) is 30.3 Å². The third-order valence-electron chi connectivity index (χ3n) is 4.78. The zero-order chi connectivity index (χ0) is 18.3. The molecule has 0 saturated carbocycles. The van der Waals surface area contributed by atoms with Crippen molar-refractivity contribution in [3.05, 3.63) is 35.9 Å². The molecule has 0 aromatic heterocycles. The Morgan fingerprint density at radius 2 is 1.96 bits per heavy atom. The lowest BCUT2D eigenvalue weighted by Crippen LogP contribution is -2.49. The molecule has 1 aliphatic heterocycles. The lowest BCUT2D eigenvalue weighted by molar-refractivity contribution is -0.137.